The molecule has 406 valence electrons. The van der Waals surface area contributed by atoms with Crippen LogP contribution in [0.5, 0.6) is 0 Å². The minimum Gasteiger partial charge on any atom is -0.477 e. The lowest BCUT2D eigenvalue weighted by molar-refractivity contribution is -0.137. The van der Waals surface area contributed by atoms with Crippen molar-refractivity contribution in [2.75, 3.05) is 45.8 Å². The number of aliphatic hydroxyl groups excluding tert-OH is 1. The summed E-state index contributed by atoms with van der Waals surface area (Å²) in [5, 5.41) is 34.9. The Balaban J connectivity index is 2.27. The first-order valence-corrected chi connectivity index (χ1v) is 24.1. The van der Waals surface area contributed by atoms with Crippen molar-refractivity contribution >= 4 is 64.9 Å². The quantitative estimate of drug-likeness (QED) is 0.0135. The predicted octanol–water partition coefficient (Wildman–Crippen LogP) is -5.95. The van der Waals surface area contributed by atoms with Crippen molar-refractivity contribution < 1.29 is 53.4 Å². The number of carboxylic acids is 1. The monoisotopic (exact) mass is 1030 g/mol. The van der Waals surface area contributed by atoms with Gasteiger partial charge in [-0.05, 0) is 103 Å². The molecule has 0 saturated carbocycles. The molecule has 1 aliphatic rings. The Hall–Kier alpha value is -6.98. The highest BCUT2D eigenvalue weighted by molar-refractivity contribution is 6.40. The third kappa shape index (κ3) is 22.5. The van der Waals surface area contributed by atoms with Crippen LogP contribution in [-0.4, -0.2) is 173 Å². The lowest BCUT2D eigenvalue weighted by Crippen LogP contribution is -2.60. The lowest BCUT2D eigenvalue weighted by Gasteiger charge is -2.28. The van der Waals surface area contributed by atoms with E-state index in [-0.39, 0.29) is 82.8 Å². The molecule has 0 unspecified atom stereocenters. The Morgan fingerprint density at radius 1 is 0.836 bits per heavy atom. The first-order valence-electron chi connectivity index (χ1n) is 24.1. The van der Waals surface area contributed by atoms with Gasteiger partial charge < -0.3 is 87.1 Å². The molecule has 7 atom stereocenters. The van der Waals surface area contributed by atoms with E-state index in [9.17, 15) is 53.4 Å². The van der Waals surface area contributed by atoms with Gasteiger partial charge in [-0.1, -0.05) is 18.6 Å². The molecule has 22 N–H and O–H groups in total. The maximum absolute atomic E-state index is 14.1. The second-order valence-corrected chi connectivity index (χ2v) is 17.1. The molecule has 0 radical (unpaired) electrons. The molecule has 0 aromatic carbocycles. The van der Waals surface area contributed by atoms with Gasteiger partial charge in [-0.2, -0.15) is 0 Å². The molecule has 1 aliphatic heterocycles. The fourth-order valence-electron chi connectivity index (χ4n) is 7.23. The highest BCUT2D eigenvalue weighted by atomic mass is 16.4. The summed E-state index contributed by atoms with van der Waals surface area (Å²) >= 11 is 0. The SMILES string of the molecule is C[C@H](NC(=O)[C@@H](NC(=O)[C@@H](N)CCCCN)[C@@H](O)CN)C(=O)NCC(=O)N=C(CCCN)C(=O)N1CCC[C@H]1C(=O)N[C@@H](Cc1ccccn1)C(=O)N[C@@H](CCCCN)C(=O)N/C(=C\CCN=C(N)N)C(=O)O. The summed E-state index contributed by atoms with van der Waals surface area (Å²) < 4.78 is 0. The van der Waals surface area contributed by atoms with Crippen LogP contribution in [0, 0.1) is 0 Å². The molecule has 0 bridgehead atoms. The standard InChI is InChI=1S/C45H75N17O11/c1-26(56-42(70)36(34(63)24-49)61-38(66)28(50)12-2-5-17-46)37(65)55-25-35(64)57-30(14-8-19-48)43(71)62-22-10-16-33(62)41(69)60-32(23-27-11-4-7-20-53-27)40(68)58-29(13-3-6-18-47)39(67)59-31(44(72)73)15-9-21-54-45(51)52/h4,7,11,15,20,26,28-29,32-34,36,63H,2-3,5-6,8-10,12-14,16-19,21-25,46-50H2,1H3,(H,55,65)(H,56,70)(H,58,68)(H,59,67)(H,60,69)(H,61,66)(H,72,73)(H4,51,52,54)/b31-15-,57-30?/t26-,28-,29-,32-,33-,34-,36-/m0/s1. The fourth-order valence-corrected chi connectivity index (χ4v) is 7.23. The largest absolute Gasteiger partial charge is 0.477 e. The highest BCUT2D eigenvalue weighted by Crippen LogP contribution is 2.20. The van der Waals surface area contributed by atoms with Gasteiger partial charge in [-0.15, -0.1) is 0 Å². The second kappa shape index (κ2) is 33.6. The van der Waals surface area contributed by atoms with Gasteiger partial charge >= 0.3 is 5.97 Å². The molecular weight excluding hydrogens is 955 g/mol. The van der Waals surface area contributed by atoms with Gasteiger partial charge in [0.25, 0.3) is 11.8 Å². The van der Waals surface area contributed by atoms with E-state index in [4.69, 9.17) is 40.1 Å². The lowest BCUT2D eigenvalue weighted by atomic mass is 10.0. The van der Waals surface area contributed by atoms with E-state index in [0.29, 0.717) is 44.3 Å². The van der Waals surface area contributed by atoms with E-state index in [1.165, 1.54) is 24.1 Å². The van der Waals surface area contributed by atoms with Crippen LogP contribution in [0.4, 0.5) is 0 Å². The Morgan fingerprint density at radius 3 is 2.14 bits per heavy atom. The van der Waals surface area contributed by atoms with Gasteiger partial charge in [0.1, 0.15) is 41.6 Å². The normalized spacial score (nSPS) is 16.1. The van der Waals surface area contributed by atoms with Gasteiger partial charge in [-0.25, -0.2) is 9.79 Å². The maximum atomic E-state index is 14.1. The number of nitrogens with zero attached hydrogens (tertiary/aromatic N) is 4. The molecule has 2 rings (SSSR count). The van der Waals surface area contributed by atoms with Crippen LogP contribution >= 0.6 is 0 Å². The van der Waals surface area contributed by atoms with E-state index in [1.807, 2.05) is 0 Å². The Bertz CT molecular complexity index is 2110. The number of carbonyl (C=O) groups is 9. The van der Waals surface area contributed by atoms with E-state index < -0.39 is 114 Å². The number of amides is 8. The molecule has 0 spiro atoms. The number of rotatable bonds is 33. The third-order valence-electron chi connectivity index (χ3n) is 11.2. The number of guanidine groups is 1. The van der Waals surface area contributed by atoms with Crippen LogP contribution in [-0.2, 0) is 49.6 Å². The van der Waals surface area contributed by atoms with Crippen LogP contribution in [0.2, 0.25) is 0 Å². The number of unbranched alkanes of at least 4 members (excludes halogenated alkanes) is 2. The van der Waals surface area contributed by atoms with Gasteiger partial charge in [0.15, 0.2) is 5.96 Å². The van der Waals surface area contributed by atoms with Crippen molar-refractivity contribution in [3.8, 4) is 0 Å². The minimum absolute atomic E-state index is 0.0394. The summed E-state index contributed by atoms with van der Waals surface area (Å²) in [7, 11) is 0. The van der Waals surface area contributed by atoms with Crippen molar-refractivity contribution in [3.05, 3.63) is 41.9 Å². The first-order chi connectivity index (χ1) is 34.8. The number of hydrogen-bond acceptors (Lipinski definition) is 17. The molecule has 28 nitrogen and oxygen atoms in total. The van der Waals surface area contributed by atoms with Crippen molar-refractivity contribution in [2.24, 2.45) is 50.1 Å². The minimum atomic E-state index is -1.57. The Kier molecular flexibility index (Phi) is 28.6. The number of nitrogens with one attached hydrogen (secondary N) is 6. The second-order valence-electron chi connectivity index (χ2n) is 17.1. The topological polar surface area (TPSA) is 489 Å². The van der Waals surface area contributed by atoms with Crippen LogP contribution in [0.15, 0.2) is 46.2 Å². The molecule has 8 amide bonds. The van der Waals surface area contributed by atoms with Crippen LogP contribution < -0.4 is 72.0 Å². The van der Waals surface area contributed by atoms with Crippen LogP contribution in [0.3, 0.4) is 0 Å². The number of aliphatic carboxylic acids is 1. The molecule has 1 aromatic heterocycles. The van der Waals surface area contributed by atoms with Crippen LogP contribution in [0.25, 0.3) is 0 Å². The smallest absolute Gasteiger partial charge is 0.352 e. The van der Waals surface area contributed by atoms with Gasteiger partial charge in [0.2, 0.25) is 35.4 Å². The van der Waals surface area contributed by atoms with E-state index in [0.717, 1.165) is 0 Å². The number of aromatic nitrogens is 1. The number of nitrogens with two attached hydrogens (primary N) is 7. The number of pyridine rings is 1. The summed E-state index contributed by atoms with van der Waals surface area (Å²) in [6.07, 6.45) is 3.96. The van der Waals surface area contributed by atoms with Gasteiger partial charge in [0, 0.05) is 37.9 Å². The molecular formula is C45H75N17O11. The Morgan fingerprint density at radius 2 is 1.52 bits per heavy atom. The summed E-state index contributed by atoms with van der Waals surface area (Å²) in [5.41, 5.74) is 38.7. The Labute approximate surface area is 423 Å². The first kappa shape index (κ1) is 62.1. The average Bonchev–Trinajstić information content (AvgIpc) is 3.86. The zero-order valence-corrected chi connectivity index (χ0v) is 41.3. The molecule has 2 heterocycles. The maximum Gasteiger partial charge on any atom is 0.352 e. The number of aliphatic imine (C=N–C) groups is 2. The number of likely N-dealkylation sites (tertiary alicyclic amines) is 1. The zero-order valence-electron chi connectivity index (χ0n) is 41.3. The summed E-state index contributed by atoms with van der Waals surface area (Å²) in [5.74, 6) is -8.39. The van der Waals surface area contributed by atoms with E-state index >= 15 is 0 Å². The average molecular weight is 1030 g/mol. The number of hydrogen-bond donors (Lipinski definition) is 15. The number of carboxylic acid groups (broad SMARTS) is 1. The molecule has 28 heteroatoms. The third-order valence-corrected chi connectivity index (χ3v) is 11.2. The van der Waals surface area contributed by atoms with Crippen molar-refractivity contribution in [2.45, 2.75) is 126 Å². The molecule has 0 aliphatic carbocycles. The zero-order chi connectivity index (χ0) is 54.5. The molecule has 1 saturated heterocycles. The van der Waals surface area contributed by atoms with Crippen molar-refractivity contribution in [1.82, 2.24) is 41.8 Å². The number of carbonyl (C=O) groups excluding carboxylic acids is 8. The van der Waals surface area contributed by atoms with Gasteiger partial charge in [-0.3, -0.25) is 48.3 Å². The fraction of sp³-hybridized carbons (Fsp3) is 0.600. The summed E-state index contributed by atoms with van der Waals surface area (Å²) in [4.78, 5) is 133. The number of aliphatic hydroxyl groups is 1. The van der Waals surface area contributed by atoms with E-state index in [2.05, 4.69) is 46.9 Å². The highest BCUT2D eigenvalue weighted by Gasteiger charge is 2.38. The van der Waals surface area contributed by atoms with Crippen molar-refractivity contribution in [1.29, 1.82) is 0 Å². The molecule has 73 heavy (non-hydrogen) atoms. The predicted molar refractivity (Wildman–Crippen MR) is 268 cm³/mol. The molecule has 1 fully saturated rings. The van der Waals surface area contributed by atoms with Crippen LogP contribution in [0.1, 0.15) is 83.2 Å². The molecule has 1 aromatic rings. The van der Waals surface area contributed by atoms with Crippen molar-refractivity contribution in [3.63, 3.8) is 0 Å². The summed E-state index contributed by atoms with van der Waals surface area (Å²) in [6.45, 7) is 0.998. The van der Waals surface area contributed by atoms with E-state index in [1.54, 1.807) is 18.2 Å². The summed E-state index contributed by atoms with van der Waals surface area (Å²) in [6, 6.07) is -2.78. The van der Waals surface area contributed by atoms with Gasteiger partial charge in [0.05, 0.1) is 18.7 Å².